The number of benzene rings is 2. The fourth-order valence-electron chi connectivity index (χ4n) is 2.57. The van der Waals surface area contributed by atoms with Crippen molar-refractivity contribution in [1.82, 2.24) is 0 Å². The van der Waals surface area contributed by atoms with Crippen LogP contribution in [0.25, 0.3) is 0 Å². The third-order valence-electron chi connectivity index (χ3n) is 3.87. The molecule has 0 fully saturated rings. The van der Waals surface area contributed by atoms with E-state index >= 15 is 0 Å². The van der Waals surface area contributed by atoms with E-state index in [1.165, 1.54) is 6.07 Å². The molecule has 4 heteroatoms. The van der Waals surface area contributed by atoms with Crippen molar-refractivity contribution in [1.29, 1.82) is 0 Å². The van der Waals surface area contributed by atoms with Crippen LogP contribution in [0.4, 0.5) is 0 Å². The number of rotatable bonds is 6. The van der Waals surface area contributed by atoms with Crippen LogP contribution in [0.1, 0.15) is 38.7 Å². The SMILES string of the molecule is CC(C)(CCCC(=O)Oc1ccccc1)c1ccc(O)cc1O. The van der Waals surface area contributed by atoms with E-state index in [1.807, 2.05) is 32.0 Å². The van der Waals surface area contributed by atoms with Crippen molar-refractivity contribution in [3.05, 3.63) is 54.1 Å². The standard InChI is InChI=1S/C19H22O4/c1-19(2,16-11-10-14(20)13-17(16)21)12-6-9-18(22)23-15-7-4-3-5-8-15/h3-5,7-8,10-11,13,20-21H,6,9,12H2,1-2H3. The number of para-hydroxylation sites is 1. The number of carbonyl (C=O) groups is 1. The summed E-state index contributed by atoms with van der Waals surface area (Å²) in [4.78, 5) is 11.8. The van der Waals surface area contributed by atoms with Crippen molar-refractivity contribution in [3.63, 3.8) is 0 Å². The Labute approximate surface area is 136 Å². The monoisotopic (exact) mass is 314 g/mol. The van der Waals surface area contributed by atoms with Crippen molar-refractivity contribution in [3.8, 4) is 17.2 Å². The van der Waals surface area contributed by atoms with E-state index in [0.717, 1.165) is 12.0 Å². The Kier molecular flexibility index (Phi) is 5.27. The molecular formula is C19H22O4. The maximum Gasteiger partial charge on any atom is 0.311 e. The number of esters is 1. The van der Waals surface area contributed by atoms with E-state index in [2.05, 4.69) is 0 Å². The van der Waals surface area contributed by atoms with Gasteiger partial charge in [0.2, 0.25) is 0 Å². The predicted molar refractivity (Wildman–Crippen MR) is 88.7 cm³/mol. The lowest BCUT2D eigenvalue weighted by Crippen LogP contribution is -2.18. The predicted octanol–water partition coefficient (Wildman–Crippen LogP) is 4.15. The Morgan fingerprint density at radius 1 is 1.09 bits per heavy atom. The molecule has 122 valence electrons. The van der Waals surface area contributed by atoms with Gasteiger partial charge in [-0.25, -0.2) is 0 Å². The third-order valence-corrected chi connectivity index (χ3v) is 3.87. The Morgan fingerprint density at radius 3 is 2.43 bits per heavy atom. The Balaban J connectivity index is 1.88. The molecule has 2 rings (SSSR count). The molecule has 0 aliphatic carbocycles. The fourth-order valence-corrected chi connectivity index (χ4v) is 2.57. The molecule has 0 heterocycles. The second-order valence-corrected chi connectivity index (χ2v) is 6.23. The van der Waals surface area contributed by atoms with Gasteiger partial charge in [0.25, 0.3) is 0 Å². The second kappa shape index (κ2) is 7.18. The summed E-state index contributed by atoms with van der Waals surface area (Å²) in [5, 5.41) is 19.3. The van der Waals surface area contributed by atoms with E-state index in [4.69, 9.17) is 4.74 Å². The minimum absolute atomic E-state index is 0.0356. The van der Waals surface area contributed by atoms with Crippen LogP contribution in [0.2, 0.25) is 0 Å². The normalized spacial score (nSPS) is 11.2. The number of phenolic OH excluding ortho intramolecular Hbond substituents is 2. The average Bonchev–Trinajstić information content (AvgIpc) is 2.47. The van der Waals surface area contributed by atoms with E-state index in [1.54, 1.807) is 24.3 Å². The molecule has 0 amide bonds. The summed E-state index contributed by atoms with van der Waals surface area (Å²) in [5.74, 6) is 0.394. The van der Waals surface area contributed by atoms with Gasteiger partial charge in [-0.05, 0) is 42.0 Å². The molecule has 0 atom stereocenters. The second-order valence-electron chi connectivity index (χ2n) is 6.23. The molecule has 23 heavy (non-hydrogen) atoms. The quantitative estimate of drug-likeness (QED) is 0.621. The summed E-state index contributed by atoms with van der Waals surface area (Å²) in [6.45, 7) is 4.00. The highest BCUT2D eigenvalue weighted by molar-refractivity contribution is 5.72. The average molecular weight is 314 g/mol. The molecule has 2 aromatic carbocycles. The van der Waals surface area contributed by atoms with Crippen LogP contribution in [-0.4, -0.2) is 16.2 Å². The first kappa shape index (κ1) is 16.9. The number of carbonyl (C=O) groups excluding carboxylic acids is 1. The lowest BCUT2D eigenvalue weighted by Gasteiger charge is -2.26. The Bertz CT molecular complexity index is 662. The van der Waals surface area contributed by atoms with Crippen LogP contribution in [-0.2, 0) is 10.2 Å². The molecule has 0 aromatic heterocycles. The first-order valence-electron chi connectivity index (χ1n) is 7.67. The van der Waals surface area contributed by atoms with Crippen LogP contribution < -0.4 is 4.74 Å². The van der Waals surface area contributed by atoms with Crippen molar-refractivity contribution in [2.75, 3.05) is 0 Å². The molecule has 0 aliphatic rings. The maximum atomic E-state index is 11.8. The molecule has 2 N–H and O–H groups in total. The zero-order valence-corrected chi connectivity index (χ0v) is 13.5. The zero-order chi connectivity index (χ0) is 16.9. The van der Waals surface area contributed by atoms with E-state index in [-0.39, 0.29) is 22.9 Å². The maximum absolute atomic E-state index is 11.8. The molecule has 0 saturated carbocycles. The number of phenols is 2. The minimum Gasteiger partial charge on any atom is -0.508 e. The van der Waals surface area contributed by atoms with Gasteiger partial charge in [-0.1, -0.05) is 38.1 Å². The van der Waals surface area contributed by atoms with Gasteiger partial charge >= 0.3 is 5.97 Å². The minimum atomic E-state index is -0.301. The molecule has 0 aliphatic heterocycles. The van der Waals surface area contributed by atoms with Gasteiger partial charge in [-0.15, -0.1) is 0 Å². The fraction of sp³-hybridized carbons (Fsp3) is 0.316. The highest BCUT2D eigenvalue weighted by Gasteiger charge is 2.24. The summed E-state index contributed by atoms with van der Waals surface area (Å²) < 4.78 is 5.25. The smallest absolute Gasteiger partial charge is 0.311 e. The van der Waals surface area contributed by atoms with Crippen molar-refractivity contribution < 1.29 is 19.7 Å². The molecule has 0 radical (unpaired) electrons. The van der Waals surface area contributed by atoms with Crippen molar-refractivity contribution in [2.45, 2.75) is 38.5 Å². The lowest BCUT2D eigenvalue weighted by molar-refractivity contribution is -0.134. The topological polar surface area (TPSA) is 66.8 Å². The summed E-state index contributed by atoms with van der Waals surface area (Å²) in [6, 6.07) is 13.6. The molecule has 2 aromatic rings. The van der Waals surface area contributed by atoms with Crippen LogP contribution >= 0.6 is 0 Å². The van der Waals surface area contributed by atoms with E-state index in [9.17, 15) is 15.0 Å². The first-order chi connectivity index (χ1) is 10.9. The van der Waals surface area contributed by atoms with Gasteiger partial charge in [-0.3, -0.25) is 4.79 Å². The lowest BCUT2D eigenvalue weighted by atomic mass is 9.79. The molecule has 4 nitrogen and oxygen atoms in total. The molecule has 0 spiro atoms. The Morgan fingerprint density at radius 2 is 1.78 bits per heavy atom. The molecule has 0 unspecified atom stereocenters. The summed E-state index contributed by atoms with van der Waals surface area (Å²) in [5.41, 5.74) is 0.455. The van der Waals surface area contributed by atoms with Gasteiger partial charge in [0.1, 0.15) is 17.2 Å². The highest BCUT2D eigenvalue weighted by atomic mass is 16.5. The number of hydrogen-bond acceptors (Lipinski definition) is 4. The van der Waals surface area contributed by atoms with Gasteiger partial charge in [0.05, 0.1) is 0 Å². The van der Waals surface area contributed by atoms with E-state index < -0.39 is 0 Å². The molecular weight excluding hydrogens is 292 g/mol. The van der Waals surface area contributed by atoms with Crippen LogP contribution in [0.3, 0.4) is 0 Å². The van der Waals surface area contributed by atoms with Gasteiger partial charge < -0.3 is 14.9 Å². The van der Waals surface area contributed by atoms with Gasteiger partial charge in [0.15, 0.2) is 0 Å². The van der Waals surface area contributed by atoms with Gasteiger partial charge in [-0.2, -0.15) is 0 Å². The largest absolute Gasteiger partial charge is 0.508 e. The Hall–Kier alpha value is -2.49. The number of ether oxygens (including phenoxy) is 1. The molecule has 0 bridgehead atoms. The van der Waals surface area contributed by atoms with Crippen LogP contribution in [0, 0.1) is 0 Å². The number of aromatic hydroxyl groups is 2. The summed E-state index contributed by atoms with van der Waals surface area (Å²) >= 11 is 0. The van der Waals surface area contributed by atoms with E-state index in [0.29, 0.717) is 18.6 Å². The van der Waals surface area contributed by atoms with Crippen molar-refractivity contribution in [2.24, 2.45) is 0 Å². The first-order valence-corrected chi connectivity index (χ1v) is 7.67. The highest BCUT2D eigenvalue weighted by Crippen LogP contribution is 2.36. The molecule has 0 saturated heterocycles. The number of hydrogen-bond donors (Lipinski definition) is 2. The van der Waals surface area contributed by atoms with Crippen molar-refractivity contribution >= 4 is 5.97 Å². The van der Waals surface area contributed by atoms with Crippen LogP contribution in [0.15, 0.2) is 48.5 Å². The van der Waals surface area contributed by atoms with Gasteiger partial charge in [0, 0.05) is 12.5 Å². The summed E-state index contributed by atoms with van der Waals surface area (Å²) in [7, 11) is 0. The van der Waals surface area contributed by atoms with Crippen LogP contribution in [0.5, 0.6) is 17.2 Å². The summed E-state index contributed by atoms with van der Waals surface area (Å²) in [6.07, 6.45) is 1.69. The zero-order valence-electron chi connectivity index (χ0n) is 13.5. The third kappa shape index (κ3) is 4.74.